The highest BCUT2D eigenvalue weighted by atomic mass is 16.5. The lowest BCUT2D eigenvalue weighted by Gasteiger charge is -2.07. The van der Waals surface area contributed by atoms with Crippen molar-refractivity contribution >= 4 is 23.7 Å². The summed E-state index contributed by atoms with van der Waals surface area (Å²) in [5, 5.41) is 2.53. The van der Waals surface area contributed by atoms with Gasteiger partial charge in [0.15, 0.2) is 0 Å². The lowest BCUT2D eigenvalue weighted by atomic mass is 10.1. The Balaban J connectivity index is 3.24. The Kier molecular flexibility index (Phi) is 6.81. The van der Waals surface area contributed by atoms with Gasteiger partial charge in [0.25, 0.3) is 0 Å². The zero-order chi connectivity index (χ0) is 17.6. The van der Waals surface area contributed by atoms with Crippen molar-refractivity contribution in [2.45, 2.75) is 41.0 Å². The van der Waals surface area contributed by atoms with Gasteiger partial charge in [-0.1, -0.05) is 13.8 Å². The third-order valence-electron chi connectivity index (χ3n) is 2.89. The second-order valence-corrected chi connectivity index (χ2v) is 5.32. The molecule has 0 aliphatic rings. The molecule has 0 atom stereocenters. The predicted molar refractivity (Wildman–Crippen MR) is 83.4 cm³/mol. The molecule has 0 unspecified atom stereocenters. The summed E-state index contributed by atoms with van der Waals surface area (Å²) >= 11 is 0. The average molecular weight is 325 g/mol. The SMILES string of the molecule is CCOC(=O)c1c(C)oc(NC(=O)CC(C)C)c1C(=O)OCC. The van der Waals surface area contributed by atoms with E-state index in [2.05, 4.69) is 5.32 Å². The van der Waals surface area contributed by atoms with E-state index in [0.717, 1.165) is 0 Å². The predicted octanol–water partition coefficient (Wildman–Crippen LogP) is 2.93. The first-order valence-corrected chi connectivity index (χ1v) is 7.59. The molecule has 1 amide bonds. The normalized spacial score (nSPS) is 10.5. The molecule has 1 aromatic rings. The molecule has 0 saturated carbocycles. The molecule has 7 nitrogen and oxygen atoms in total. The number of hydrogen-bond acceptors (Lipinski definition) is 6. The van der Waals surface area contributed by atoms with Crippen LogP contribution in [0, 0.1) is 12.8 Å². The first-order chi connectivity index (χ1) is 10.8. The van der Waals surface area contributed by atoms with E-state index >= 15 is 0 Å². The van der Waals surface area contributed by atoms with Gasteiger partial charge in [0.1, 0.15) is 16.9 Å². The van der Waals surface area contributed by atoms with Gasteiger partial charge in [-0.2, -0.15) is 0 Å². The summed E-state index contributed by atoms with van der Waals surface area (Å²) in [7, 11) is 0. The number of ether oxygens (including phenoxy) is 2. The maximum atomic E-state index is 12.2. The molecule has 0 spiro atoms. The maximum Gasteiger partial charge on any atom is 0.344 e. The molecule has 0 bridgehead atoms. The van der Waals surface area contributed by atoms with Gasteiger partial charge >= 0.3 is 11.9 Å². The minimum atomic E-state index is -0.743. The Morgan fingerprint density at radius 2 is 1.57 bits per heavy atom. The van der Waals surface area contributed by atoms with Crippen LogP contribution >= 0.6 is 0 Å². The lowest BCUT2D eigenvalue weighted by Crippen LogP contribution is -2.18. The van der Waals surface area contributed by atoms with Crippen molar-refractivity contribution in [2.24, 2.45) is 5.92 Å². The van der Waals surface area contributed by atoms with Gasteiger partial charge < -0.3 is 13.9 Å². The van der Waals surface area contributed by atoms with Gasteiger partial charge in [-0.25, -0.2) is 9.59 Å². The fraction of sp³-hybridized carbons (Fsp3) is 0.562. The van der Waals surface area contributed by atoms with E-state index in [-0.39, 0.29) is 54.2 Å². The molecule has 0 aliphatic carbocycles. The van der Waals surface area contributed by atoms with Gasteiger partial charge in [-0.3, -0.25) is 10.1 Å². The molecule has 1 rings (SSSR count). The van der Waals surface area contributed by atoms with Gasteiger partial charge in [0, 0.05) is 6.42 Å². The molecular formula is C16H23NO6. The van der Waals surface area contributed by atoms with Gasteiger partial charge in [-0.05, 0) is 26.7 Å². The van der Waals surface area contributed by atoms with Crippen molar-refractivity contribution in [3.05, 3.63) is 16.9 Å². The van der Waals surface area contributed by atoms with Gasteiger partial charge in [0.05, 0.1) is 13.2 Å². The van der Waals surface area contributed by atoms with Crippen molar-refractivity contribution < 1.29 is 28.3 Å². The summed E-state index contributed by atoms with van der Waals surface area (Å²) in [6.07, 6.45) is 0.261. The summed E-state index contributed by atoms with van der Waals surface area (Å²) < 4.78 is 15.3. The van der Waals surface area contributed by atoms with E-state index in [9.17, 15) is 14.4 Å². The second kappa shape index (κ2) is 8.36. The minimum absolute atomic E-state index is 0.0230. The zero-order valence-electron chi connectivity index (χ0n) is 14.1. The average Bonchev–Trinajstić information content (AvgIpc) is 2.74. The van der Waals surface area contributed by atoms with Crippen LogP contribution in [0.1, 0.15) is 60.6 Å². The molecule has 23 heavy (non-hydrogen) atoms. The third-order valence-corrected chi connectivity index (χ3v) is 2.89. The van der Waals surface area contributed by atoms with Crippen LogP contribution in [0.25, 0.3) is 0 Å². The van der Waals surface area contributed by atoms with Crippen molar-refractivity contribution in [3.8, 4) is 0 Å². The van der Waals surface area contributed by atoms with Crippen LogP contribution in [-0.4, -0.2) is 31.1 Å². The van der Waals surface area contributed by atoms with Crippen LogP contribution in [0.3, 0.4) is 0 Å². The van der Waals surface area contributed by atoms with Gasteiger partial charge in [0.2, 0.25) is 11.8 Å². The maximum absolute atomic E-state index is 12.2. The fourth-order valence-electron chi connectivity index (χ4n) is 2.03. The van der Waals surface area contributed by atoms with Crippen molar-refractivity contribution in [2.75, 3.05) is 18.5 Å². The van der Waals surface area contributed by atoms with Crippen LogP contribution in [0.2, 0.25) is 0 Å². The molecule has 1 N–H and O–H groups in total. The van der Waals surface area contributed by atoms with E-state index in [4.69, 9.17) is 13.9 Å². The number of carbonyl (C=O) groups excluding carboxylic acids is 3. The van der Waals surface area contributed by atoms with Crippen LogP contribution in [0.4, 0.5) is 5.88 Å². The summed E-state index contributed by atoms with van der Waals surface area (Å²) in [6, 6.07) is 0. The standard InChI is InChI=1S/C16H23NO6/c1-6-21-15(19)12-10(5)23-14(13(12)16(20)22-7-2)17-11(18)8-9(3)4/h9H,6-8H2,1-5H3,(H,17,18). The molecule has 0 aliphatic heterocycles. The highest BCUT2D eigenvalue weighted by Gasteiger charge is 2.31. The summed E-state index contributed by atoms with van der Waals surface area (Å²) in [4.78, 5) is 36.2. The summed E-state index contributed by atoms with van der Waals surface area (Å²) in [6.45, 7) is 8.89. The highest BCUT2D eigenvalue weighted by molar-refractivity contribution is 6.09. The van der Waals surface area contributed by atoms with Gasteiger partial charge in [-0.15, -0.1) is 0 Å². The number of furan rings is 1. The van der Waals surface area contributed by atoms with Crippen LogP contribution in [0.15, 0.2) is 4.42 Å². The number of hydrogen-bond donors (Lipinski definition) is 1. The molecule has 1 heterocycles. The number of amides is 1. The molecule has 0 aromatic carbocycles. The molecule has 7 heteroatoms. The molecule has 0 saturated heterocycles. The number of aryl methyl sites for hydroxylation is 1. The molecule has 0 fully saturated rings. The molecule has 128 valence electrons. The first-order valence-electron chi connectivity index (χ1n) is 7.59. The number of esters is 2. The number of rotatable bonds is 7. The highest BCUT2D eigenvalue weighted by Crippen LogP contribution is 2.29. The second-order valence-electron chi connectivity index (χ2n) is 5.32. The fourth-order valence-corrected chi connectivity index (χ4v) is 2.03. The summed E-state index contributed by atoms with van der Waals surface area (Å²) in [5.41, 5.74) is -0.134. The van der Waals surface area contributed by atoms with E-state index in [0.29, 0.717) is 0 Å². The van der Waals surface area contributed by atoms with Crippen molar-refractivity contribution in [1.82, 2.24) is 0 Å². The number of anilines is 1. The Morgan fingerprint density at radius 1 is 1.04 bits per heavy atom. The largest absolute Gasteiger partial charge is 0.462 e. The number of nitrogens with one attached hydrogen (secondary N) is 1. The minimum Gasteiger partial charge on any atom is -0.462 e. The first kappa shape index (κ1) is 18.7. The van der Waals surface area contributed by atoms with E-state index in [1.807, 2.05) is 13.8 Å². The van der Waals surface area contributed by atoms with Crippen molar-refractivity contribution in [1.29, 1.82) is 0 Å². The monoisotopic (exact) mass is 325 g/mol. The lowest BCUT2D eigenvalue weighted by molar-refractivity contribution is -0.116. The molecule has 1 aromatic heterocycles. The Bertz CT molecular complexity index is 588. The zero-order valence-corrected chi connectivity index (χ0v) is 14.1. The molecule has 0 radical (unpaired) electrons. The Hall–Kier alpha value is -2.31. The summed E-state index contributed by atoms with van der Waals surface area (Å²) in [5.74, 6) is -1.51. The topological polar surface area (TPSA) is 94.8 Å². The third kappa shape index (κ3) is 4.84. The number of carbonyl (C=O) groups is 3. The van der Waals surface area contributed by atoms with Crippen LogP contribution < -0.4 is 5.32 Å². The quantitative estimate of drug-likeness (QED) is 0.775. The van der Waals surface area contributed by atoms with Crippen LogP contribution in [0.5, 0.6) is 0 Å². The van der Waals surface area contributed by atoms with E-state index in [1.165, 1.54) is 6.92 Å². The molecular weight excluding hydrogens is 302 g/mol. The smallest absolute Gasteiger partial charge is 0.344 e. The van der Waals surface area contributed by atoms with Crippen LogP contribution in [-0.2, 0) is 14.3 Å². The van der Waals surface area contributed by atoms with Crippen molar-refractivity contribution in [3.63, 3.8) is 0 Å². The Labute approximate surface area is 135 Å². The Morgan fingerprint density at radius 3 is 2.04 bits per heavy atom. The van der Waals surface area contributed by atoms with E-state index in [1.54, 1.807) is 13.8 Å². The van der Waals surface area contributed by atoms with E-state index < -0.39 is 11.9 Å².